The second-order valence-electron chi connectivity index (χ2n) is 5.96. The number of ether oxygens (including phenoxy) is 1. The van der Waals surface area contributed by atoms with Gasteiger partial charge in [0.2, 0.25) is 5.43 Å². The molecule has 0 aliphatic carbocycles. The molecule has 0 atom stereocenters. The zero-order chi connectivity index (χ0) is 19.6. The van der Waals surface area contributed by atoms with Crippen LogP contribution in [0.5, 0.6) is 5.75 Å². The monoisotopic (exact) mass is 377 g/mol. The van der Waals surface area contributed by atoms with E-state index in [-0.39, 0.29) is 41.4 Å². The van der Waals surface area contributed by atoms with E-state index in [4.69, 9.17) is 4.74 Å². The van der Waals surface area contributed by atoms with Crippen LogP contribution in [-0.2, 0) is 6.54 Å². The molecule has 0 saturated heterocycles. The summed E-state index contributed by atoms with van der Waals surface area (Å²) in [5.74, 6) is -2.60. The van der Waals surface area contributed by atoms with E-state index in [0.717, 1.165) is 12.1 Å². The molecule has 9 heteroatoms. The number of aromatic nitrogens is 1. The van der Waals surface area contributed by atoms with E-state index in [1.54, 1.807) is 4.57 Å². The van der Waals surface area contributed by atoms with Gasteiger partial charge in [-0.05, 0) is 12.1 Å². The van der Waals surface area contributed by atoms with Crippen molar-refractivity contribution in [3.8, 4) is 5.75 Å². The fourth-order valence-electron chi connectivity index (χ4n) is 2.85. The minimum absolute atomic E-state index is 0.0851. The number of benzene rings is 1. The number of hydrogen-bond donors (Lipinski definition) is 1. The number of pyridine rings is 1. The van der Waals surface area contributed by atoms with Crippen LogP contribution in [0.2, 0.25) is 0 Å². The zero-order valence-corrected chi connectivity index (χ0v) is 14.5. The Morgan fingerprint density at radius 1 is 1.22 bits per heavy atom. The molecule has 1 aliphatic rings. The average molecular weight is 377 g/mol. The average Bonchev–Trinajstić information content (AvgIpc) is 2.63. The van der Waals surface area contributed by atoms with Gasteiger partial charge in [-0.3, -0.25) is 14.4 Å². The highest BCUT2D eigenvalue weighted by molar-refractivity contribution is 5.95. The van der Waals surface area contributed by atoms with E-state index in [9.17, 15) is 23.2 Å². The lowest BCUT2D eigenvalue weighted by atomic mass is 10.2. The van der Waals surface area contributed by atoms with Gasteiger partial charge in [-0.1, -0.05) is 0 Å². The Morgan fingerprint density at radius 3 is 2.70 bits per heavy atom. The van der Waals surface area contributed by atoms with Crippen molar-refractivity contribution >= 4 is 11.8 Å². The van der Waals surface area contributed by atoms with Crippen LogP contribution in [0.25, 0.3) is 0 Å². The van der Waals surface area contributed by atoms with E-state index < -0.39 is 17.5 Å². The van der Waals surface area contributed by atoms with Crippen molar-refractivity contribution in [3.63, 3.8) is 0 Å². The van der Waals surface area contributed by atoms with Gasteiger partial charge in [-0.15, -0.1) is 0 Å². The Balaban J connectivity index is 1.62. The predicted octanol–water partition coefficient (Wildman–Crippen LogP) is 1.02. The Bertz CT molecular complexity index is 958. The number of amides is 2. The molecular formula is C18H17F2N3O4. The standard InChI is InChI=1S/C18H17F2N3O4/c1-27-16-10-23-7-6-22(18(26)14(23)9-15(16)24)5-4-21-17(25)12-3-2-11(19)8-13(12)20/h2-3,8-10H,4-7H2,1H3,(H,21,25). The zero-order valence-electron chi connectivity index (χ0n) is 14.5. The van der Waals surface area contributed by atoms with Gasteiger partial charge in [-0.25, -0.2) is 8.78 Å². The summed E-state index contributed by atoms with van der Waals surface area (Å²) in [6, 6.07) is 3.91. The number of carbonyl (C=O) groups is 2. The van der Waals surface area contributed by atoms with Crippen molar-refractivity contribution in [1.82, 2.24) is 14.8 Å². The van der Waals surface area contributed by atoms with Gasteiger partial charge in [0.15, 0.2) is 5.75 Å². The number of hydrogen-bond acceptors (Lipinski definition) is 4. The highest BCUT2D eigenvalue weighted by atomic mass is 19.1. The normalized spacial score (nSPS) is 13.3. The van der Waals surface area contributed by atoms with Crippen molar-refractivity contribution < 1.29 is 23.1 Å². The molecule has 0 bridgehead atoms. The Labute approximate surface area is 153 Å². The fourth-order valence-corrected chi connectivity index (χ4v) is 2.85. The summed E-state index contributed by atoms with van der Waals surface area (Å²) in [6.07, 6.45) is 1.49. The third-order valence-electron chi connectivity index (χ3n) is 4.27. The summed E-state index contributed by atoms with van der Waals surface area (Å²) in [7, 11) is 1.38. The first kappa shape index (κ1) is 18.6. The van der Waals surface area contributed by atoms with Crippen molar-refractivity contribution in [2.24, 2.45) is 0 Å². The molecule has 27 heavy (non-hydrogen) atoms. The minimum atomic E-state index is -0.955. The van der Waals surface area contributed by atoms with Gasteiger partial charge < -0.3 is 19.5 Å². The van der Waals surface area contributed by atoms with Gasteiger partial charge in [0.05, 0.1) is 18.9 Å². The van der Waals surface area contributed by atoms with E-state index in [1.165, 1.54) is 24.3 Å². The summed E-state index contributed by atoms with van der Waals surface area (Å²) < 4.78 is 33.1. The first-order chi connectivity index (χ1) is 12.9. The van der Waals surface area contributed by atoms with E-state index in [2.05, 4.69) is 5.32 Å². The van der Waals surface area contributed by atoms with Crippen LogP contribution in [0.1, 0.15) is 20.8 Å². The number of fused-ring (bicyclic) bond motifs is 1. The van der Waals surface area contributed by atoms with Crippen LogP contribution in [0.15, 0.2) is 35.3 Å². The van der Waals surface area contributed by atoms with Gasteiger partial charge in [0.25, 0.3) is 11.8 Å². The first-order valence-corrected chi connectivity index (χ1v) is 8.21. The number of carbonyl (C=O) groups excluding carboxylic acids is 2. The molecule has 1 aromatic heterocycles. The maximum Gasteiger partial charge on any atom is 0.270 e. The minimum Gasteiger partial charge on any atom is -0.491 e. The van der Waals surface area contributed by atoms with Gasteiger partial charge in [-0.2, -0.15) is 0 Å². The second-order valence-corrected chi connectivity index (χ2v) is 5.96. The number of halogens is 2. The van der Waals surface area contributed by atoms with E-state index in [0.29, 0.717) is 19.2 Å². The van der Waals surface area contributed by atoms with E-state index >= 15 is 0 Å². The molecule has 2 amide bonds. The lowest BCUT2D eigenvalue weighted by Crippen LogP contribution is -2.45. The molecule has 1 N–H and O–H groups in total. The van der Waals surface area contributed by atoms with E-state index in [1.807, 2.05) is 0 Å². The number of nitrogens with zero attached hydrogens (tertiary/aromatic N) is 2. The fraction of sp³-hybridized carbons (Fsp3) is 0.278. The third kappa shape index (κ3) is 3.81. The summed E-state index contributed by atoms with van der Waals surface area (Å²) in [5.41, 5.74) is -0.424. The molecule has 2 aromatic rings. The number of methoxy groups -OCH3 is 1. The Morgan fingerprint density at radius 2 is 2.00 bits per heavy atom. The van der Waals surface area contributed by atoms with Crippen molar-refractivity contribution in [2.75, 3.05) is 26.7 Å². The molecule has 1 aliphatic heterocycles. The van der Waals surface area contributed by atoms with Crippen LogP contribution in [0.4, 0.5) is 8.78 Å². The summed E-state index contributed by atoms with van der Waals surface area (Å²) in [4.78, 5) is 37.8. The molecule has 0 radical (unpaired) electrons. The topological polar surface area (TPSA) is 80.6 Å². The van der Waals surface area contributed by atoms with Crippen molar-refractivity contribution in [1.29, 1.82) is 0 Å². The highest BCUT2D eigenvalue weighted by Gasteiger charge is 2.25. The Kier molecular flexibility index (Phi) is 5.20. The van der Waals surface area contributed by atoms with Gasteiger partial charge >= 0.3 is 0 Å². The predicted molar refractivity (Wildman–Crippen MR) is 91.8 cm³/mol. The SMILES string of the molecule is COc1cn2c(cc1=O)C(=O)N(CCNC(=O)c1ccc(F)cc1F)CC2. The smallest absolute Gasteiger partial charge is 0.270 e. The Hall–Kier alpha value is -3.23. The number of rotatable bonds is 5. The van der Waals surface area contributed by atoms with Crippen molar-refractivity contribution in [3.05, 3.63) is 63.6 Å². The highest BCUT2D eigenvalue weighted by Crippen LogP contribution is 2.14. The van der Waals surface area contributed by atoms with Gasteiger partial charge in [0.1, 0.15) is 17.3 Å². The summed E-state index contributed by atoms with van der Waals surface area (Å²) in [5, 5.41) is 2.50. The molecule has 0 spiro atoms. The molecular weight excluding hydrogens is 360 g/mol. The van der Waals surface area contributed by atoms with Gasteiger partial charge in [0, 0.05) is 38.3 Å². The van der Waals surface area contributed by atoms with Crippen LogP contribution >= 0.6 is 0 Å². The quantitative estimate of drug-likeness (QED) is 0.844. The molecule has 1 aromatic carbocycles. The molecule has 2 heterocycles. The molecule has 142 valence electrons. The first-order valence-electron chi connectivity index (χ1n) is 8.21. The third-order valence-corrected chi connectivity index (χ3v) is 4.27. The molecule has 0 unspecified atom stereocenters. The molecule has 3 rings (SSSR count). The van der Waals surface area contributed by atoms with Crippen LogP contribution in [-0.4, -0.2) is 48.0 Å². The lowest BCUT2D eigenvalue weighted by molar-refractivity contribution is 0.0696. The van der Waals surface area contributed by atoms with Crippen LogP contribution in [0.3, 0.4) is 0 Å². The molecule has 7 nitrogen and oxygen atoms in total. The largest absolute Gasteiger partial charge is 0.491 e. The maximum absolute atomic E-state index is 13.6. The maximum atomic E-state index is 13.6. The second kappa shape index (κ2) is 7.56. The summed E-state index contributed by atoms with van der Waals surface area (Å²) in [6.45, 7) is 1.13. The summed E-state index contributed by atoms with van der Waals surface area (Å²) >= 11 is 0. The lowest BCUT2D eigenvalue weighted by Gasteiger charge is -2.30. The van der Waals surface area contributed by atoms with Crippen LogP contribution < -0.4 is 15.5 Å². The van der Waals surface area contributed by atoms with Crippen molar-refractivity contribution in [2.45, 2.75) is 6.54 Å². The van der Waals surface area contributed by atoms with Crippen LogP contribution in [0, 0.1) is 11.6 Å². The molecule has 0 saturated carbocycles. The number of nitrogens with one attached hydrogen (secondary N) is 1. The molecule has 0 fully saturated rings.